The molecule has 0 unspecified atom stereocenters. The third-order valence-electron chi connectivity index (χ3n) is 2.14. The van der Waals surface area contributed by atoms with Crippen LogP contribution in [0, 0.1) is 11.3 Å². The molecule has 0 radical (unpaired) electrons. The fourth-order valence-corrected chi connectivity index (χ4v) is 1.45. The van der Waals surface area contributed by atoms with Crippen molar-refractivity contribution in [3.63, 3.8) is 0 Å². The lowest BCUT2D eigenvalue weighted by Crippen LogP contribution is -2.06. The van der Waals surface area contributed by atoms with Gasteiger partial charge in [0.2, 0.25) is 0 Å². The number of hydrogen-bond acceptors (Lipinski definition) is 4. The average molecular weight is 212 g/mol. The van der Waals surface area contributed by atoms with Crippen LogP contribution in [0.1, 0.15) is 10.4 Å². The van der Waals surface area contributed by atoms with Gasteiger partial charge in [0, 0.05) is 11.6 Å². The van der Waals surface area contributed by atoms with Crippen LogP contribution < -0.4 is 0 Å². The van der Waals surface area contributed by atoms with Crippen LogP contribution >= 0.6 is 0 Å². The summed E-state index contributed by atoms with van der Waals surface area (Å²) in [6, 6.07) is 10.6. The number of esters is 1. The second-order valence-electron chi connectivity index (χ2n) is 3.11. The molecule has 0 spiro atoms. The first-order valence-electron chi connectivity index (χ1n) is 4.71. The molecule has 0 saturated heterocycles. The molecule has 1 aromatic heterocycles. The van der Waals surface area contributed by atoms with Crippen molar-refractivity contribution in [3.8, 4) is 6.07 Å². The van der Waals surface area contributed by atoms with Crippen molar-refractivity contribution >= 4 is 16.9 Å². The van der Waals surface area contributed by atoms with Crippen molar-refractivity contribution in [2.45, 2.75) is 0 Å². The van der Waals surface area contributed by atoms with Gasteiger partial charge in [0.25, 0.3) is 0 Å². The largest absolute Gasteiger partial charge is 0.447 e. The smallest absolute Gasteiger partial charge is 0.339 e. The molecular weight excluding hydrogens is 204 g/mol. The Morgan fingerprint density at radius 2 is 2.19 bits per heavy atom. The summed E-state index contributed by atoms with van der Waals surface area (Å²) in [7, 11) is 0. The molecule has 0 bridgehead atoms. The predicted octanol–water partition coefficient (Wildman–Crippen LogP) is 1.92. The molecule has 0 aliphatic carbocycles. The van der Waals surface area contributed by atoms with E-state index in [1.165, 1.54) is 0 Å². The Kier molecular flexibility index (Phi) is 2.79. The van der Waals surface area contributed by atoms with Crippen LogP contribution in [0.25, 0.3) is 10.9 Å². The molecule has 0 atom stereocenters. The van der Waals surface area contributed by atoms with Gasteiger partial charge < -0.3 is 4.74 Å². The van der Waals surface area contributed by atoms with Gasteiger partial charge >= 0.3 is 5.97 Å². The van der Waals surface area contributed by atoms with Crippen molar-refractivity contribution < 1.29 is 9.53 Å². The Morgan fingerprint density at radius 1 is 1.38 bits per heavy atom. The summed E-state index contributed by atoms with van der Waals surface area (Å²) < 4.78 is 4.76. The van der Waals surface area contributed by atoms with Crippen molar-refractivity contribution in [3.05, 3.63) is 42.1 Å². The van der Waals surface area contributed by atoms with Crippen LogP contribution in [0.15, 0.2) is 36.5 Å². The maximum Gasteiger partial charge on any atom is 0.339 e. The van der Waals surface area contributed by atoms with E-state index in [0.717, 1.165) is 10.9 Å². The molecule has 0 aliphatic heterocycles. The van der Waals surface area contributed by atoms with Crippen LogP contribution in [0.5, 0.6) is 0 Å². The van der Waals surface area contributed by atoms with Crippen molar-refractivity contribution in [2.75, 3.05) is 6.61 Å². The fourth-order valence-electron chi connectivity index (χ4n) is 1.45. The van der Waals surface area contributed by atoms with Gasteiger partial charge in [0.05, 0.1) is 11.1 Å². The van der Waals surface area contributed by atoms with E-state index in [2.05, 4.69) is 4.98 Å². The zero-order chi connectivity index (χ0) is 11.4. The molecular formula is C12H8N2O2. The topological polar surface area (TPSA) is 63.0 Å². The van der Waals surface area contributed by atoms with Gasteiger partial charge in [-0.1, -0.05) is 18.2 Å². The molecule has 0 aliphatic rings. The molecule has 0 N–H and O–H groups in total. The normalized spacial score (nSPS) is 9.69. The SMILES string of the molecule is N#CCOC(=O)c1ccnc2ccccc12. The van der Waals surface area contributed by atoms with Gasteiger partial charge in [-0.25, -0.2) is 4.79 Å². The first-order valence-corrected chi connectivity index (χ1v) is 4.71. The highest BCUT2D eigenvalue weighted by atomic mass is 16.5. The highest BCUT2D eigenvalue weighted by Gasteiger charge is 2.10. The molecule has 0 fully saturated rings. The van der Waals surface area contributed by atoms with Crippen molar-refractivity contribution in [1.29, 1.82) is 5.26 Å². The number of aromatic nitrogens is 1. The highest BCUT2D eigenvalue weighted by molar-refractivity contribution is 6.03. The number of rotatable bonds is 2. The van der Waals surface area contributed by atoms with E-state index in [-0.39, 0.29) is 6.61 Å². The standard InChI is InChI=1S/C12H8N2O2/c13-6-8-16-12(15)10-5-7-14-11-4-2-1-3-9(10)11/h1-5,7H,8H2. The maximum atomic E-state index is 11.6. The number of hydrogen-bond donors (Lipinski definition) is 0. The van der Waals surface area contributed by atoms with Crippen molar-refractivity contribution in [1.82, 2.24) is 4.98 Å². The Bertz CT molecular complexity index is 567. The summed E-state index contributed by atoms with van der Waals surface area (Å²) in [5.41, 5.74) is 1.16. The first kappa shape index (κ1) is 10.1. The van der Waals surface area contributed by atoms with Crippen LogP contribution in [0.3, 0.4) is 0 Å². The molecule has 16 heavy (non-hydrogen) atoms. The monoisotopic (exact) mass is 212 g/mol. The first-order chi connectivity index (χ1) is 7.83. The third-order valence-corrected chi connectivity index (χ3v) is 2.14. The number of pyridine rings is 1. The number of nitrogens with zero attached hydrogens (tertiary/aromatic N) is 2. The van der Waals surface area contributed by atoms with E-state index in [4.69, 9.17) is 10.00 Å². The number of carbonyl (C=O) groups excluding carboxylic acids is 1. The number of carbonyl (C=O) groups is 1. The van der Waals surface area contributed by atoms with Gasteiger partial charge in [-0.15, -0.1) is 0 Å². The molecule has 0 amide bonds. The van der Waals surface area contributed by atoms with Crippen LogP contribution in [0.4, 0.5) is 0 Å². The second kappa shape index (κ2) is 4.41. The lowest BCUT2D eigenvalue weighted by atomic mass is 10.1. The minimum atomic E-state index is -0.500. The Labute approximate surface area is 92.1 Å². The minimum Gasteiger partial charge on any atom is -0.447 e. The Morgan fingerprint density at radius 3 is 3.00 bits per heavy atom. The maximum absolute atomic E-state index is 11.6. The Hall–Kier alpha value is -2.41. The van der Waals surface area contributed by atoms with E-state index >= 15 is 0 Å². The third kappa shape index (κ3) is 1.84. The molecule has 0 saturated carbocycles. The summed E-state index contributed by atoms with van der Waals surface area (Å²) in [4.78, 5) is 15.7. The van der Waals surface area contributed by atoms with Crippen LogP contribution in [0.2, 0.25) is 0 Å². The van der Waals surface area contributed by atoms with Crippen molar-refractivity contribution in [2.24, 2.45) is 0 Å². The summed E-state index contributed by atoms with van der Waals surface area (Å²) in [5.74, 6) is -0.500. The van der Waals surface area contributed by atoms with E-state index < -0.39 is 5.97 Å². The molecule has 4 nitrogen and oxygen atoms in total. The quantitative estimate of drug-likeness (QED) is 0.713. The van der Waals surface area contributed by atoms with Gasteiger partial charge in [-0.3, -0.25) is 4.98 Å². The lowest BCUT2D eigenvalue weighted by molar-refractivity contribution is 0.0557. The summed E-state index contributed by atoms with van der Waals surface area (Å²) in [6.07, 6.45) is 1.55. The molecule has 78 valence electrons. The molecule has 1 heterocycles. The zero-order valence-electron chi connectivity index (χ0n) is 8.38. The summed E-state index contributed by atoms with van der Waals surface area (Å²) in [6.45, 7) is -0.241. The summed E-state index contributed by atoms with van der Waals surface area (Å²) in [5, 5.41) is 9.07. The average Bonchev–Trinajstić information content (AvgIpc) is 2.35. The highest BCUT2D eigenvalue weighted by Crippen LogP contribution is 2.16. The Balaban J connectivity index is 2.45. The molecule has 2 aromatic rings. The predicted molar refractivity (Wildman–Crippen MR) is 57.6 cm³/mol. The summed E-state index contributed by atoms with van der Waals surface area (Å²) >= 11 is 0. The van der Waals surface area contributed by atoms with E-state index in [1.54, 1.807) is 24.4 Å². The van der Waals surface area contributed by atoms with Gasteiger partial charge in [-0.2, -0.15) is 5.26 Å². The number of benzene rings is 1. The second-order valence-corrected chi connectivity index (χ2v) is 3.11. The van der Waals surface area contributed by atoms with Crippen LogP contribution in [-0.4, -0.2) is 17.6 Å². The number of nitriles is 1. The van der Waals surface area contributed by atoms with E-state index in [1.807, 2.05) is 18.2 Å². The molecule has 2 rings (SSSR count). The minimum absolute atomic E-state index is 0.241. The van der Waals surface area contributed by atoms with Gasteiger partial charge in [0.1, 0.15) is 6.07 Å². The number of ether oxygens (including phenoxy) is 1. The fraction of sp³-hybridized carbons (Fsp3) is 0.0833. The number of para-hydroxylation sites is 1. The number of fused-ring (bicyclic) bond motifs is 1. The van der Waals surface area contributed by atoms with Gasteiger partial charge in [-0.05, 0) is 12.1 Å². The van der Waals surface area contributed by atoms with Gasteiger partial charge in [0.15, 0.2) is 6.61 Å². The molecule has 1 aromatic carbocycles. The molecule has 4 heteroatoms. The zero-order valence-corrected chi connectivity index (χ0v) is 8.38. The van der Waals surface area contributed by atoms with E-state index in [0.29, 0.717) is 5.56 Å². The lowest BCUT2D eigenvalue weighted by Gasteiger charge is -2.03. The van der Waals surface area contributed by atoms with E-state index in [9.17, 15) is 4.79 Å². The van der Waals surface area contributed by atoms with Crippen LogP contribution in [-0.2, 0) is 4.74 Å².